The third kappa shape index (κ3) is 5.42. The van der Waals surface area contributed by atoms with Crippen LogP contribution in [0.2, 0.25) is 5.02 Å². The number of fused-ring (bicyclic) bond motifs is 1. The number of hydrogen-bond donors (Lipinski definition) is 1. The number of carbonyl (C=O) groups is 1. The number of hydrogen-bond acceptors (Lipinski definition) is 6. The van der Waals surface area contributed by atoms with Crippen LogP contribution in [-0.4, -0.2) is 46.5 Å². The maximum absolute atomic E-state index is 13.9. The lowest BCUT2D eigenvalue weighted by atomic mass is 10.1. The SMILES string of the molecule is Cc1cc(-c2cc(C(F)(F)F)n3ncc(OC(=O)Nc4cccc(S(=O)(=O)N5CCCC5)c4)c3n2)ccc1Cl. The second kappa shape index (κ2) is 10.1. The van der Waals surface area contributed by atoms with E-state index in [1.807, 2.05) is 0 Å². The molecule has 0 saturated carbocycles. The number of alkyl halides is 3. The number of aromatic nitrogens is 3. The fourth-order valence-electron chi connectivity index (χ4n) is 4.22. The zero-order valence-electron chi connectivity index (χ0n) is 20.4. The molecule has 0 unspecified atom stereocenters. The van der Waals surface area contributed by atoms with E-state index in [9.17, 15) is 26.4 Å². The van der Waals surface area contributed by atoms with Gasteiger partial charge < -0.3 is 4.74 Å². The Morgan fingerprint density at radius 2 is 1.85 bits per heavy atom. The number of ether oxygens (including phenoxy) is 1. The first kappa shape index (κ1) is 26.9. The molecule has 0 spiro atoms. The number of nitrogens with one attached hydrogen (secondary N) is 1. The standard InChI is InChI=1S/C25H21ClF3N5O4S/c1-15-11-16(7-8-19(15)26)20-13-22(25(27,28)29)34-23(32-20)21(14-30-34)38-24(35)31-17-5-4-6-18(12-17)39(36,37)33-9-2-3-10-33/h4-8,11-14H,2-3,9-10H2,1H3,(H,31,35). The number of carbonyl (C=O) groups excluding carboxylic acids is 1. The van der Waals surface area contributed by atoms with Crippen molar-refractivity contribution in [2.75, 3.05) is 18.4 Å². The summed E-state index contributed by atoms with van der Waals surface area (Å²) in [7, 11) is -3.73. The van der Waals surface area contributed by atoms with Crippen LogP contribution in [0.5, 0.6) is 5.75 Å². The van der Waals surface area contributed by atoms with Crippen LogP contribution in [0.25, 0.3) is 16.9 Å². The van der Waals surface area contributed by atoms with Gasteiger partial charge in [-0.25, -0.2) is 22.7 Å². The first-order valence-electron chi connectivity index (χ1n) is 11.7. The number of aryl methyl sites for hydroxylation is 1. The number of amides is 1. The maximum atomic E-state index is 13.9. The van der Waals surface area contributed by atoms with Crippen molar-refractivity contribution < 1.29 is 31.1 Å². The Morgan fingerprint density at radius 1 is 1.10 bits per heavy atom. The normalized spacial score (nSPS) is 14.6. The molecule has 1 fully saturated rings. The predicted molar refractivity (Wildman–Crippen MR) is 137 cm³/mol. The third-order valence-electron chi connectivity index (χ3n) is 6.17. The predicted octanol–water partition coefficient (Wildman–Crippen LogP) is 5.77. The van der Waals surface area contributed by atoms with E-state index in [1.165, 1.54) is 34.6 Å². The number of sulfonamides is 1. The topological polar surface area (TPSA) is 106 Å². The zero-order valence-corrected chi connectivity index (χ0v) is 21.9. The second-order valence-corrected chi connectivity index (χ2v) is 11.2. The number of benzene rings is 2. The molecule has 1 saturated heterocycles. The highest BCUT2D eigenvalue weighted by molar-refractivity contribution is 7.89. The lowest BCUT2D eigenvalue weighted by Crippen LogP contribution is -2.28. The molecular weight excluding hydrogens is 559 g/mol. The molecule has 0 radical (unpaired) electrons. The van der Waals surface area contributed by atoms with Crippen molar-refractivity contribution in [1.29, 1.82) is 0 Å². The summed E-state index contributed by atoms with van der Waals surface area (Å²) in [6.07, 6.45) is -3.37. The van der Waals surface area contributed by atoms with E-state index in [0.717, 1.165) is 25.1 Å². The first-order chi connectivity index (χ1) is 18.4. The maximum Gasteiger partial charge on any atom is 0.433 e. The molecule has 0 aliphatic carbocycles. The Balaban J connectivity index is 1.44. The van der Waals surface area contributed by atoms with Gasteiger partial charge in [0.05, 0.1) is 16.8 Å². The highest BCUT2D eigenvalue weighted by atomic mass is 35.5. The minimum absolute atomic E-state index is 0.00225. The summed E-state index contributed by atoms with van der Waals surface area (Å²) in [5.74, 6) is -0.327. The van der Waals surface area contributed by atoms with Crippen molar-refractivity contribution >= 4 is 39.1 Å². The minimum Gasteiger partial charge on any atom is -0.404 e. The summed E-state index contributed by atoms with van der Waals surface area (Å²) in [6.45, 7) is 2.54. The fraction of sp³-hybridized carbons (Fsp3) is 0.240. The van der Waals surface area contributed by atoms with Crippen molar-refractivity contribution in [1.82, 2.24) is 18.9 Å². The van der Waals surface area contributed by atoms with Gasteiger partial charge in [0.25, 0.3) is 0 Å². The highest BCUT2D eigenvalue weighted by Crippen LogP contribution is 2.35. The molecule has 0 atom stereocenters. The molecule has 5 rings (SSSR count). The van der Waals surface area contributed by atoms with E-state index in [2.05, 4.69) is 15.4 Å². The van der Waals surface area contributed by atoms with Crippen LogP contribution >= 0.6 is 11.6 Å². The molecule has 2 aromatic heterocycles. The number of anilines is 1. The van der Waals surface area contributed by atoms with Gasteiger partial charge in [-0.1, -0.05) is 23.7 Å². The molecule has 4 aromatic rings. The van der Waals surface area contributed by atoms with E-state index in [0.29, 0.717) is 33.8 Å². The van der Waals surface area contributed by atoms with Crippen molar-refractivity contribution in [3.63, 3.8) is 0 Å². The Bertz CT molecular complexity index is 1690. The van der Waals surface area contributed by atoms with E-state index < -0.39 is 28.0 Å². The number of halogens is 4. The van der Waals surface area contributed by atoms with Crippen molar-refractivity contribution in [2.24, 2.45) is 0 Å². The van der Waals surface area contributed by atoms with E-state index in [-0.39, 0.29) is 27.7 Å². The number of nitrogens with zero attached hydrogens (tertiary/aromatic N) is 4. The largest absolute Gasteiger partial charge is 0.433 e. The lowest BCUT2D eigenvalue weighted by molar-refractivity contribution is -0.142. The molecule has 14 heteroatoms. The van der Waals surface area contributed by atoms with Gasteiger partial charge in [-0.15, -0.1) is 0 Å². The van der Waals surface area contributed by atoms with Crippen molar-refractivity contribution in [3.05, 3.63) is 71.0 Å². The Morgan fingerprint density at radius 3 is 2.54 bits per heavy atom. The summed E-state index contributed by atoms with van der Waals surface area (Å²) >= 11 is 6.05. The average molecular weight is 580 g/mol. The molecule has 1 aliphatic rings. The minimum atomic E-state index is -4.79. The molecular formula is C25H21ClF3N5O4S. The molecule has 1 amide bonds. The summed E-state index contributed by atoms with van der Waals surface area (Å²) in [4.78, 5) is 16.9. The molecule has 1 N–H and O–H groups in total. The Hall–Kier alpha value is -3.68. The van der Waals surface area contributed by atoms with Gasteiger partial charge in [0.15, 0.2) is 17.1 Å². The van der Waals surface area contributed by atoms with E-state index >= 15 is 0 Å². The summed E-state index contributed by atoms with van der Waals surface area (Å²) in [6, 6.07) is 11.1. The van der Waals surface area contributed by atoms with Gasteiger partial charge in [0, 0.05) is 29.4 Å². The van der Waals surface area contributed by atoms with Crippen LogP contribution < -0.4 is 10.1 Å². The van der Waals surface area contributed by atoms with Crippen LogP contribution in [0, 0.1) is 6.92 Å². The highest BCUT2D eigenvalue weighted by Gasteiger charge is 2.36. The van der Waals surface area contributed by atoms with Crippen LogP contribution in [0.4, 0.5) is 23.7 Å². The second-order valence-electron chi connectivity index (χ2n) is 8.89. The molecule has 0 bridgehead atoms. The first-order valence-corrected chi connectivity index (χ1v) is 13.6. The van der Waals surface area contributed by atoms with Gasteiger partial charge in [0.2, 0.25) is 10.0 Å². The van der Waals surface area contributed by atoms with Crippen LogP contribution in [0.1, 0.15) is 24.1 Å². The Kier molecular flexibility index (Phi) is 6.99. The molecule has 204 valence electrons. The monoisotopic (exact) mass is 579 g/mol. The third-order valence-corrected chi connectivity index (χ3v) is 8.49. The summed E-state index contributed by atoms with van der Waals surface area (Å²) in [5.41, 5.74) is -0.350. The average Bonchev–Trinajstić information content (AvgIpc) is 3.56. The summed E-state index contributed by atoms with van der Waals surface area (Å²) < 4.78 is 74.5. The molecule has 1 aliphatic heterocycles. The number of rotatable bonds is 5. The van der Waals surface area contributed by atoms with Gasteiger partial charge in [-0.2, -0.15) is 22.6 Å². The van der Waals surface area contributed by atoms with Gasteiger partial charge >= 0.3 is 12.3 Å². The lowest BCUT2D eigenvalue weighted by Gasteiger charge is -2.16. The van der Waals surface area contributed by atoms with Crippen LogP contribution in [0.3, 0.4) is 0 Å². The van der Waals surface area contributed by atoms with Gasteiger partial charge in [-0.3, -0.25) is 5.32 Å². The van der Waals surface area contributed by atoms with Gasteiger partial charge in [-0.05, 0) is 61.7 Å². The Labute approximate surface area is 226 Å². The zero-order chi connectivity index (χ0) is 27.9. The molecule has 9 nitrogen and oxygen atoms in total. The van der Waals surface area contributed by atoms with E-state index in [1.54, 1.807) is 19.1 Å². The quantitative estimate of drug-likeness (QED) is 0.322. The fourth-order valence-corrected chi connectivity index (χ4v) is 5.90. The van der Waals surface area contributed by atoms with Crippen LogP contribution in [0.15, 0.2) is 59.6 Å². The molecule has 3 heterocycles. The van der Waals surface area contributed by atoms with Crippen LogP contribution in [-0.2, 0) is 16.2 Å². The molecule has 2 aromatic carbocycles. The van der Waals surface area contributed by atoms with Crippen molar-refractivity contribution in [2.45, 2.75) is 30.8 Å². The summed E-state index contributed by atoms with van der Waals surface area (Å²) in [5, 5.41) is 6.58. The van der Waals surface area contributed by atoms with E-state index in [4.69, 9.17) is 16.3 Å². The van der Waals surface area contributed by atoms with Crippen molar-refractivity contribution in [3.8, 4) is 17.0 Å². The smallest absolute Gasteiger partial charge is 0.404 e. The molecule has 39 heavy (non-hydrogen) atoms. The van der Waals surface area contributed by atoms with Gasteiger partial charge in [0.1, 0.15) is 0 Å².